The van der Waals surface area contributed by atoms with Gasteiger partial charge in [-0.1, -0.05) is 0 Å². The van der Waals surface area contributed by atoms with Crippen LogP contribution in [0.15, 0.2) is 0 Å². The van der Waals surface area contributed by atoms with E-state index in [-0.39, 0.29) is 0 Å². The van der Waals surface area contributed by atoms with E-state index in [2.05, 4.69) is 4.98 Å². The number of ether oxygens (including phenoxy) is 1. The molecule has 1 aromatic rings. The lowest BCUT2D eigenvalue weighted by Gasteiger charge is -2.20. The summed E-state index contributed by atoms with van der Waals surface area (Å²) in [6.45, 7) is 9.15. The maximum Gasteiger partial charge on any atom is 0.379 e. The molecular formula is C13H20NO4P. The molecule has 0 saturated heterocycles. The Labute approximate surface area is 113 Å². The third kappa shape index (κ3) is 2.61. The fourth-order valence-electron chi connectivity index (χ4n) is 2.30. The molecule has 0 aromatic carbocycles. The minimum Gasteiger partial charge on any atom is -0.372 e. The molecule has 1 aromatic heterocycles. The molecule has 2 rings (SSSR count). The van der Waals surface area contributed by atoms with Gasteiger partial charge in [-0.2, -0.15) is 0 Å². The van der Waals surface area contributed by atoms with Gasteiger partial charge in [-0.3, -0.25) is 4.57 Å². The second kappa shape index (κ2) is 5.71. The van der Waals surface area contributed by atoms with Gasteiger partial charge in [0, 0.05) is 11.3 Å². The maximum atomic E-state index is 12.8. The summed E-state index contributed by atoms with van der Waals surface area (Å²) in [6.07, 6.45) is 0. The van der Waals surface area contributed by atoms with E-state index >= 15 is 0 Å². The largest absolute Gasteiger partial charge is 0.379 e. The highest BCUT2D eigenvalue weighted by molar-refractivity contribution is 7.62. The van der Waals surface area contributed by atoms with Crippen molar-refractivity contribution in [3.05, 3.63) is 22.4 Å². The van der Waals surface area contributed by atoms with Crippen molar-refractivity contribution in [2.24, 2.45) is 0 Å². The van der Waals surface area contributed by atoms with Crippen LogP contribution in [0, 0.1) is 13.8 Å². The van der Waals surface area contributed by atoms with Gasteiger partial charge in [0.15, 0.2) is 5.44 Å². The van der Waals surface area contributed by atoms with E-state index in [0.29, 0.717) is 31.9 Å². The predicted octanol–water partition coefficient (Wildman–Crippen LogP) is 2.62. The Morgan fingerprint density at radius 3 is 2.32 bits per heavy atom. The van der Waals surface area contributed by atoms with Crippen LogP contribution in [0.2, 0.25) is 0 Å². The lowest BCUT2D eigenvalue weighted by molar-refractivity contribution is 0.134. The summed E-state index contributed by atoms with van der Waals surface area (Å²) in [7, 11) is -3.34. The second-order valence-electron chi connectivity index (χ2n) is 4.43. The first-order chi connectivity index (χ1) is 9.03. The molecule has 0 bridgehead atoms. The van der Waals surface area contributed by atoms with Gasteiger partial charge in [0.25, 0.3) is 0 Å². The lowest BCUT2D eigenvalue weighted by Crippen LogP contribution is -2.21. The molecule has 0 aliphatic carbocycles. The summed E-state index contributed by atoms with van der Waals surface area (Å²) in [5.41, 5.74) is 4.30. The van der Waals surface area contributed by atoms with Crippen LogP contribution >= 0.6 is 7.60 Å². The molecule has 6 heteroatoms. The summed E-state index contributed by atoms with van der Waals surface area (Å²) in [5.74, 6) is 0. The van der Waals surface area contributed by atoms with Gasteiger partial charge in [0.2, 0.25) is 0 Å². The van der Waals surface area contributed by atoms with Crippen molar-refractivity contribution < 1.29 is 18.3 Å². The molecule has 0 spiro atoms. The maximum absolute atomic E-state index is 12.8. The van der Waals surface area contributed by atoms with E-state index in [1.165, 1.54) is 0 Å². The number of hydrogen-bond donors (Lipinski definition) is 0. The fraction of sp³-hybridized carbons (Fsp3) is 0.615. The topological polar surface area (TPSA) is 57.7 Å². The average molecular weight is 285 g/mol. The van der Waals surface area contributed by atoms with Gasteiger partial charge in [0.1, 0.15) is 0 Å². The summed E-state index contributed by atoms with van der Waals surface area (Å²) >= 11 is 0. The van der Waals surface area contributed by atoms with Crippen LogP contribution in [-0.2, 0) is 31.6 Å². The van der Waals surface area contributed by atoms with E-state index in [9.17, 15) is 4.57 Å². The molecule has 1 aliphatic heterocycles. The number of pyridine rings is 1. The predicted molar refractivity (Wildman–Crippen MR) is 72.7 cm³/mol. The zero-order valence-corrected chi connectivity index (χ0v) is 12.8. The van der Waals surface area contributed by atoms with Crippen molar-refractivity contribution in [1.29, 1.82) is 0 Å². The molecule has 5 nitrogen and oxygen atoms in total. The van der Waals surface area contributed by atoms with E-state index < -0.39 is 7.60 Å². The van der Waals surface area contributed by atoms with Crippen LogP contribution in [0.3, 0.4) is 0 Å². The molecule has 0 amide bonds. The van der Waals surface area contributed by atoms with Gasteiger partial charge in [-0.05, 0) is 38.8 Å². The van der Waals surface area contributed by atoms with Crippen LogP contribution in [0.1, 0.15) is 36.2 Å². The smallest absolute Gasteiger partial charge is 0.372 e. The summed E-state index contributed by atoms with van der Waals surface area (Å²) in [5, 5.41) is 0. The second-order valence-corrected chi connectivity index (χ2v) is 6.36. The third-order valence-corrected chi connectivity index (χ3v) is 5.36. The Hall–Kier alpha value is -0.740. The van der Waals surface area contributed by atoms with Crippen molar-refractivity contribution in [2.45, 2.75) is 40.9 Å². The van der Waals surface area contributed by atoms with Gasteiger partial charge in [-0.25, -0.2) is 4.98 Å². The molecule has 0 radical (unpaired) electrons. The first-order valence-electron chi connectivity index (χ1n) is 6.49. The first kappa shape index (κ1) is 14.7. The van der Waals surface area contributed by atoms with Gasteiger partial charge >= 0.3 is 7.60 Å². The van der Waals surface area contributed by atoms with Crippen molar-refractivity contribution in [2.75, 3.05) is 13.2 Å². The number of rotatable bonds is 5. The SMILES string of the molecule is CCOP(=O)(OCC)c1nc(C)c2c(c1C)COC2. The Balaban J connectivity index is 2.55. The Bertz CT molecular complexity index is 520. The average Bonchev–Trinajstić information content (AvgIpc) is 2.84. The van der Waals surface area contributed by atoms with Crippen molar-refractivity contribution >= 4 is 13.0 Å². The molecule has 0 fully saturated rings. The van der Waals surface area contributed by atoms with Gasteiger partial charge in [-0.15, -0.1) is 0 Å². The molecule has 0 unspecified atom stereocenters. The molecule has 0 saturated carbocycles. The molecule has 19 heavy (non-hydrogen) atoms. The van der Waals surface area contributed by atoms with Crippen LogP contribution in [-0.4, -0.2) is 18.2 Å². The third-order valence-electron chi connectivity index (χ3n) is 3.21. The highest BCUT2D eigenvalue weighted by atomic mass is 31.2. The molecule has 2 heterocycles. The van der Waals surface area contributed by atoms with Crippen LogP contribution in [0.5, 0.6) is 0 Å². The molecular weight excluding hydrogens is 265 g/mol. The highest BCUT2D eigenvalue weighted by Gasteiger charge is 2.33. The number of fused-ring (bicyclic) bond motifs is 1. The zero-order chi connectivity index (χ0) is 14.0. The number of aromatic nitrogens is 1. The number of hydrogen-bond acceptors (Lipinski definition) is 5. The number of aryl methyl sites for hydroxylation is 1. The van der Waals surface area contributed by atoms with Gasteiger partial charge in [0.05, 0.1) is 26.4 Å². The molecule has 0 atom stereocenters. The summed E-state index contributed by atoms with van der Waals surface area (Å²) in [4.78, 5) is 4.46. The summed E-state index contributed by atoms with van der Waals surface area (Å²) in [6, 6.07) is 0. The summed E-state index contributed by atoms with van der Waals surface area (Å²) < 4.78 is 29.1. The molecule has 1 aliphatic rings. The van der Waals surface area contributed by atoms with Gasteiger partial charge < -0.3 is 13.8 Å². The van der Waals surface area contributed by atoms with E-state index in [1.54, 1.807) is 13.8 Å². The van der Waals surface area contributed by atoms with E-state index in [0.717, 1.165) is 22.4 Å². The highest BCUT2D eigenvalue weighted by Crippen LogP contribution is 2.48. The Kier molecular flexibility index (Phi) is 4.41. The normalized spacial score (nSPS) is 14.7. The minimum absolute atomic E-state index is 0.324. The Morgan fingerprint density at radius 1 is 1.16 bits per heavy atom. The van der Waals surface area contributed by atoms with Crippen molar-refractivity contribution in [3.63, 3.8) is 0 Å². The van der Waals surface area contributed by atoms with Crippen molar-refractivity contribution in [3.8, 4) is 0 Å². The molecule has 0 N–H and O–H groups in total. The zero-order valence-electron chi connectivity index (χ0n) is 11.9. The van der Waals surface area contributed by atoms with Crippen molar-refractivity contribution in [1.82, 2.24) is 4.98 Å². The minimum atomic E-state index is -3.34. The standard InChI is InChI=1S/C13H20NO4P/c1-5-17-19(15,18-6-2)13-9(3)11-7-16-8-12(11)10(4)14-13/h5-8H2,1-4H3. The number of nitrogens with zero attached hydrogens (tertiary/aromatic N) is 1. The van der Waals surface area contributed by atoms with E-state index in [4.69, 9.17) is 13.8 Å². The first-order valence-corrected chi connectivity index (χ1v) is 8.04. The van der Waals surface area contributed by atoms with Crippen LogP contribution in [0.25, 0.3) is 0 Å². The quantitative estimate of drug-likeness (QED) is 0.778. The van der Waals surface area contributed by atoms with E-state index in [1.807, 2.05) is 13.8 Å². The Morgan fingerprint density at radius 2 is 1.74 bits per heavy atom. The molecule has 106 valence electrons. The van der Waals surface area contributed by atoms with Crippen LogP contribution < -0.4 is 5.44 Å². The monoisotopic (exact) mass is 285 g/mol. The lowest BCUT2D eigenvalue weighted by atomic mass is 10.1. The van der Waals surface area contributed by atoms with Crippen LogP contribution in [0.4, 0.5) is 0 Å². The fourth-order valence-corrected chi connectivity index (χ4v) is 4.12.